The van der Waals surface area contributed by atoms with Crippen molar-refractivity contribution in [2.75, 3.05) is 46.4 Å². The molecule has 1 unspecified atom stereocenters. The molecule has 2 rings (SSSR count). The SMILES string of the molecule is CCNC(=NCC1CN(C)CCO1)NCCc1nc(C)c(C)s1. The number of aromatic nitrogens is 1. The van der Waals surface area contributed by atoms with Crippen molar-refractivity contribution in [1.29, 1.82) is 0 Å². The second-order valence-electron chi connectivity index (χ2n) is 5.90. The van der Waals surface area contributed by atoms with Gasteiger partial charge in [0.15, 0.2) is 5.96 Å². The zero-order valence-electron chi connectivity index (χ0n) is 14.7. The molecule has 1 atom stereocenters. The molecular formula is C16H29N5OS. The van der Waals surface area contributed by atoms with Gasteiger partial charge in [0.1, 0.15) is 0 Å². The summed E-state index contributed by atoms with van der Waals surface area (Å²) in [5.74, 6) is 0.856. The molecule has 0 spiro atoms. The standard InChI is InChI=1S/C16H29N5OS/c1-5-17-16(19-10-14-11-21(4)8-9-22-14)18-7-6-15-20-12(2)13(3)23-15/h14H,5-11H2,1-4H3,(H2,17,18,19). The highest BCUT2D eigenvalue weighted by Gasteiger charge is 2.17. The Labute approximate surface area is 143 Å². The number of aliphatic imine (C=N–C) groups is 1. The van der Waals surface area contributed by atoms with Gasteiger partial charge in [-0.25, -0.2) is 4.98 Å². The smallest absolute Gasteiger partial charge is 0.191 e. The van der Waals surface area contributed by atoms with Crippen molar-refractivity contribution in [2.24, 2.45) is 4.99 Å². The fraction of sp³-hybridized carbons (Fsp3) is 0.750. The molecule has 7 heteroatoms. The maximum atomic E-state index is 5.75. The molecule has 1 saturated heterocycles. The van der Waals surface area contributed by atoms with Crippen LogP contribution in [-0.2, 0) is 11.2 Å². The summed E-state index contributed by atoms with van der Waals surface area (Å²) in [5, 5.41) is 7.86. The maximum absolute atomic E-state index is 5.75. The third-order valence-electron chi connectivity index (χ3n) is 3.84. The van der Waals surface area contributed by atoms with Crippen LogP contribution >= 0.6 is 11.3 Å². The molecule has 1 aliphatic heterocycles. The van der Waals surface area contributed by atoms with Crippen molar-refractivity contribution >= 4 is 17.3 Å². The zero-order valence-corrected chi connectivity index (χ0v) is 15.5. The number of likely N-dealkylation sites (N-methyl/N-ethyl adjacent to an activating group) is 1. The Bertz CT molecular complexity index is 497. The molecule has 0 radical (unpaired) electrons. The quantitative estimate of drug-likeness (QED) is 0.602. The van der Waals surface area contributed by atoms with Gasteiger partial charge < -0.3 is 20.3 Å². The maximum Gasteiger partial charge on any atom is 0.191 e. The molecule has 1 aliphatic rings. The fourth-order valence-corrected chi connectivity index (χ4v) is 3.38. The summed E-state index contributed by atoms with van der Waals surface area (Å²) < 4.78 is 5.75. The Morgan fingerprint density at radius 1 is 1.43 bits per heavy atom. The Balaban J connectivity index is 1.79. The zero-order chi connectivity index (χ0) is 16.7. The van der Waals surface area contributed by atoms with Crippen molar-refractivity contribution in [2.45, 2.75) is 33.3 Å². The molecule has 2 heterocycles. The van der Waals surface area contributed by atoms with Gasteiger partial charge in [-0.1, -0.05) is 0 Å². The van der Waals surface area contributed by atoms with Crippen molar-refractivity contribution in [3.05, 3.63) is 15.6 Å². The average Bonchev–Trinajstić information content (AvgIpc) is 2.83. The topological polar surface area (TPSA) is 61.8 Å². The summed E-state index contributed by atoms with van der Waals surface area (Å²) in [6.45, 7) is 11.4. The second kappa shape index (κ2) is 9.20. The van der Waals surface area contributed by atoms with Crippen molar-refractivity contribution < 1.29 is 4.74 Å². The van der Waals surface area contributed by atoms with Crippen LogP contribution in [-0.4, -0.2) is 68.3 Å². The molecule has 1 aromatic rings. The Kier molecular flexibility index (Phi) is 7.26. The van der Waals surface area contributed by atoms with E-state index in [9.17, 15) is 0 Å². The monoisotopic (exact) mass is 339 g/mol. The lowest BCUT2D eigenvalue weighted by molar-refractivity contribution is -0.0136. The molecule has 0 amide bonds. The first-order valence-corrected chi connectivity index (χ1v) is 9.15. The third-order valence-corrected chi connectivity index (χ3v) is 4.98. The van der Waals surface area contributed by atoms with E-state index in [4.69, 9.17) is 4.74 Å². The van der Waals surface area contributed by atoms with Crippen LogP contribution in [0.5, 0.6) is 0 Å². The summed E-state index contributed by atoms with van der Waals surface area (Å²) >= 11 is 1.78. The largest absolute Gasteiger partial charge is 0.374 e. The van der Waals surface area contributed by atoms with Crippen LogP contribution in [0.15, 0.2) is 4.99 Å². The van der Waals surface area contributed by atoms with Gasteiger partial charge in [0.05, 0.1) is 30.0 Å². The lowest BCUT2D eigenvalue weighted by Crippen LogP contribution is -2.43. The number of morpholine rings is 1. The number of hydrogen-bond acceptors (Lipinski definition) is 5. The minimum Gasteiger partial charge on any atom is -0.374 e. The van der Waals surface area contributed by atoms with Crippen molar-refractivity contribution in [1.82, 2.24) is 20.5 Å². The van der Waals surface area contributed by atoms with E-state index in [2.05, 4.69) is 53.3 Å². The highest BCUT2D eigenvalue weighted by molar-refractivity contribution is 7.11. The van der Waals surface area contributed by atoms with Crippen LogP contribution < -0.4 is 10.6 Å². The van der Waals surface area contributed by atoms with Crippen LogP contribution in [0, 0.1) is 13.8 Å². The average molecular weight is 340 g/mol. The van der Waals surface area contributed by atoms with Gasteiger partial charge in [0.2, 0.25) is 0 Å². The molecule has 0 saturated carbocycles. The van der Waals surface area contributed by atoms with E-state index < -0.39 is 0 Å². The predicted molar refractivity (Wildman–Crippen MR) is 96.5 cm³/mol. The van der Waals surface area contributed by atoms with Crippen LogP contribution in [0.2, 0.25) is 0 Å². The van der Waals surface area contributed by atoms with Crippen LogP contribution in [0.3, 0.4) is 0 Å². The Hall–Kier alpha value is -1.18. The van der Waals surface area contributed by atoms with Crippen LogP contribution in [0.25, 0.3) is 0 Å². The Morgan fingerprint density at radius 3 is 2.91 bits per heavy atom. The highest BCUT2D eigenvalue weighted by Crippen LogP contribution is 2.16. The minimum absolute atomic E-state index is 0.188. The number of rotatable bonds is 6. The summed E-state index contributed by atoms with van der Waals surface area (Å²) in [7, 11) is 2.13. The van der Waals surface area contributed by atoms with Crippen molar-refractivity contribution in [3.63, 3.8) is 0 Å². The number of thiazole rings is 1. The first-order chi connectivity index (χ1) is 11.1. The summed E-state index contributed by atoms with van der Waals surface area (Å²) in [6.07, 6.45) is 1.11. The molecule has 1 fully saturated rings. The number of hydrogen-bond donors (Lipinski definition) is 2. The summed E-state index contributed by atoms with van der Waals surface area (Å²) in [4.78, 5) is 12.8. The number of aryl methyl sites for hydroxylation is 2. The van der Waals surface area contributed by atoms with E-state index in [0.29, 0.717) is 6.54 Å². The third kappa shape index (κ3) is 6.08. The normalized spacial score (nSPS) is 19.8. The highest BCUT2D eigenvalue weighted by atomic mass is 32.1. The van der Waals surface area contributed by atoms with Crippen molar-refractivity contribution in [3.8, 4) is 0 Å². The first-order valence-electron chi connectivity index (χ1n) is 8.33. The van der Waals surface area contributed by atoms with E-state index >= 15 is 0 Å². The summed E-state index contributed by atoms with van der Waals surface area (Å²) in [5.41, 5.74) is 1.14. The van der Waals surface area contributed by atoms with Gasteiger partial charge >= 0.3 is 0 Å². The van der Waals surface area contributed by atoms with E-state index in [1.54, 1.807) is 11.3 Å². The number of nitrogens with one attached hydrogen (secondary N) is 2. The fourth-order valence-electron chi connectivity index (χ4n) is 2.45. The minimum atomic E-state index is 0.188. The Morgan fingerprint density at radius 2 is 2.26 bits per heavy atom. The lowest BCUT2D eigenvalue weighted by Gasteiger charge is -2.29. The molecule has 23 heavy (non-hydrogen) atoms. The van der Waals surface area contributed by atoms with E-state index in [1.165, 1.54) is 9.88 Å². The second-order valence-corrected chi connectivity index (χ2v) is 7.19. The summed E-state index contributed by atoms with van der Waals surface area (Å²) in [6, 6.07) is 0. The molecule has 1 aromatic heterocycles. The first kappa shape index (κ1) is 18.2. The predicted octanol–water partition coefficient (Wildman–Crippen LogP) is 1.19. The van der Waals surface area contributed by atoms with Gasteiger partial charge in [-0.2, -0.15) is 0 Å². The van der Waals surface area contributed by atoms with Gasteiger partial charge in [-0.3, -0.25) is 4.99 Å². The van der Waals surface area contributed by atoms with Gasteiger partial charge in [0.25, 0.3) is 0 Å². The molecule has 0 aliphatic carbocycles. The lowest BCUT2D eigenvalue weighted by atomic mass is 10.3. The van der Waals surface area contributed by atoms with E-state index in [1.807, 2.05) is 0 Å². The molecule has 2 N–H and O–H groups in total. The van der Waals surface area contributed by atoms with E-state index in [-0.39, 0.29) is 6.10 Å². The van der Waals surface area contributed by atoms with Crippen LogP contribution in [0.1, 0.15) is 22.5 Å². The van der Waals surface area contributed by atoms with Gasteiger partial charge in [-0.05, 0) is 27.8 Å². The van der Waals surface area contributed by atoms with Gasteiger partial charge in [-0.15, -0.1) is 11.3 Å². The molecule has 130 valence electrons. The number of ether oxygens (including phenoxy) is 1. The van der Waals surface area contributed by atoms with Crippen LogP contribution in [0.4, 0.5) is 0 Å². The molecule has 0 bridgehead atoms. The molecular weight excluding hydrogens is 310 g/mol. The van der Waals surface area contributed by atoms with E-state index in [0.717, 1.165) is 50.9 Å². The number of nitrogens with zero attached hydrogens (tertiary/aromatic N) is 3. The molecule has 0 aromatic carbocycles. The number of guanidine groups is 1. The van der Waals surface area contributed by atoms with Gasteiger partial charge in [0, 0.05) is 37.5 Å². The molecule has 6 nitrogen and oxygen atoms in total.